The number of halogens is 1. The number of carbonyl (C=O) groups is 1. The van der Waals surface area contributed by atoms with Crippen LogP contribution in [0.5, 0.6) is 6.01 Å². The van der Waals surface area contributed by atoms with Gasteiger partial charge in [-0.15, -0.1) is 11.6 Å². The molecule has 2 aromatic rings. The molecule has 3 unspecified atom stereocenters. The first kappa shape index (κ1) is 26.0. The zero-order valence-corrected chi connectivity index (χ0v) is 21.6. The maximum atomic E-state index is 11.4. The van der Waals surface area contributed by atoms with Crippen LogP contribution in [0.25, 0.3) is 17.7 Å². The standard InChI is InChI=1S/C30H35ClN2O3/c1-3-4-5-7-20(2)22-13-10-21(11-14-22)12-17-27-28(19-26(31)23-15-16-23)33-30(32-27)36-25-9-6-8-24(18-25)29(34)35/h3-5,7,10-11,13-14,17,19,23-26H,2,6,8-9,12,15-16,18H2,1H3,(H,32,33)(H,34,35)/b4-3-,7-5-,27-17+,28-19+. The largest absolute Gasteiger partial charge is 0.481 e. The van der Waals surface area contributed by atoms with E-state index in [0.717, 1.165) is 47.5 Å². The number of carboxylic acid groups (broad SMARTS) is 1. The number of alkyl halides is 1. The number of hydrogen-bond acceptors (Lipinski definition) is 3. The molecule has 2 N–H and O–H groups in total. The summed E-state index contributed by atoms with van der Waals surface area (Å²) < 4.78 is 6.12. The lowest BCUT2D eigenvalue weighted by atomic mass is 9.87. The first-order valence-electron chi connectivity index (χ1n) is 12.8. The van der Waals surface area contributed by atoms with Gasteiger partial charge in [-0.25, -0.2) is 0 Å². The Bertz CT molecular complexity index is 1240. The predicted octanol–water partition coefficient (Wildman–Crippen LogP) is 5.40. The zero-order chi connectivity index (χ0) is 25.5. The molecule has 0 bridgehead atoms. The average molecular weight is 507 g/mol. The number of aromatic amines is 1. The third-order valence-electron chi connectivity index (χ3n) is 6.85. The number of allylic oxidation sites excluding steroid dienone is 5. The first-order chi connectivity index (χ1) is 17.4. The maximum absolute atomic E-state index is 11.4. The van der Waals surface area contributed by atoms with Crippen molar-refractivity contribution < 1.29 is 14.6 Å². The second-order valence-electron chi connectivity index (χ2n) is 9.75. The van der Waals surface area contributed by atoms with Crippen LogP contribution in [0.1, 0.15) is 56.6 Å². The Balaban J connectivity index is 1.51. The molecule has 0 radical (unpaired) electrons. The number of H-pyrrole nitrogens is 1. The highest BCUT2D eigenvalue weighted by Gasteiger charge is 2.29. The van der Waals surface area contributed by atoms with E-state index in [1.807, 2.05) is 37.3 Å². The van der Waals surface area contributed by atoms with Gasteiger partial charge in [0.1, 0.15) is 6.10 Å². The molecule has 5 nitrogen and oxygen atoms in total. The summed E-state index contributed by atoms with van der Waals surface area (Å²) in [6.45, 7) is 6.12. The summed E-state index contributed by atoms with van der Waals surface area (Å²) in [7, 11) is 0. The summed E-state index contributed by atoms with van der Waals surface area (Å²) in [6.07, 6.45) is 17.9. The Kier molecular flexibility index (Phi) is 8.87. The second-order valence-corrected chi connectivity index (χ2v) is 10.3. The van der Waals surface area contributed by atoms with Crippen molar-refractivity contribution in [1.82, 2.24) is 9.97 Å². The average Bonchev–Trinajstić information content (AvgIpc) is 3.66. The molecule has 0 amide bonds. The van der Waals surface area contributed by atoms with Crippen molar-refractivity contribution in [2.75, 3.05) is 0 Å². The van der Waals surface area contributed by atoms with E-state index in [2.05, 4.69) is 41.9 Å². The van der Waals surface area contributed by atoms with Crippen molar-refractivity contribution in [2.45, 2.75) is 63.4 Å². The number of benzene rings is 1. The van der Waals surface area contributed by atoms with Gasteiger partial charge >= 0.3 is 5.97 Å². The molecule has 2 saturated carbocycles. The highest BCUT2D eigenvalue weighted by Crippen LogP contribution is 2.36. The van der Waals surface area contributed by atoms with Gasteiger partial charge in [-0.2, -0.15) is 4.98 Å². The molecule has 1 heterocycles. The van der Waals surface area contributed by atoms with E-state index in [9.17, 15) is 9.90 Å². The van der Waals surface area contributed by atoms with E-state index in [-0.39, 0.29) is 17.4 Å². The van der Waals surface area contributed by atoms with Gasteiger partial charge in [0.05, 0.1) is 22.0 Å². The molecule has 6 heteroatoms. The summed E-state index contributed by atoms with van der Waals surface area (Å²) >= 11 is 6.61. The van der Waals surface area contributed by atoms with Crippen molar-refractivity contribution in [3.8, 4) is 6.01 Å². The van der Waals surface area contributed by atoms with E-state index >= 15 is 0 Å². The van der Waals surface area contributed by atoms with Crippen molar-refractivity contribution in [3.05, 3.63) is 77.0 Å². The van der Waals surface area contributed by atoms with Crippen molar-refractivity contribution in [1.29, 1.82) is 0 Å². The number of carboxylic acids is 1. The lowest BCUT2D eigenvalue weighted by Crippen LogP contribution is -2.29. The number of aromatic nitrogens is 2. The van der Waals surface area contributed by atoms with Gasteiger partial charge in [-0.05, 0) is 80.6 Å². The third-order valence-corrected chi connectivity index (χ3v) is 7.33. The SMILES string of the molecule is C=C(/C=C\C=C/C)c1ccc(C/C=c2/nc(OC3CCCC(C(=O)O)C3)[nH]/c2=C/C(Cl)C2CC2)cc1. The number of nitrogens with one attached hydrogen (secondary N) is 1. The van der Waals surface area contributed by atoms with Crippen LogP contribution < -0.4 is 15.4 Å². The third kappa shape index (κ3) is 7.23. The summed E-state index contributed by atoms with van der Waals surface area (Å²) in [6, 6.07) is 8.82. The minimum absolute atomic E-state index is 0.0441. The van der Waals surface area contributed by atoms with Crippen LogP contribution in [0.3, 0.4) is 0 Å². The lowest BCUT2D eigenvalue weighted by molar-refractivity contribution is -0.143. The number of imidazole rings is 1. The fourth-order valence-corrected chi connectivity index (χ4v) is 4.89. The Labute approximate surface area is 217 Å². The minimum atomic E-state index is -0.747. The van der Waals surface area contributed by atoms with Gasteiger partial charge < -0.3 is 14.8 Å². The topological polar surface area (TPSA) is 75.2 Å². The number of ether oxygens (including phenoxy) is 1. The molecule has 1 aromatic carbocycles. The van der Waals surface area contributed by atoms with Gasteiger partial charge in [0.2, 0.25) is 0 Å². The van der Waals surface area contributed by atoms with Crippen LogP contribution in [0.15, 0.2) is 55.1 Å². The molecule has 4 rings (SSSR count). The number of aliphatic carboxylic acids is 1. The number of rotatable bonds is 10. The van der Waals surface area contributed by atoms with E-state index in [1.54, 1.807) is 0 Å². The molecule has 0 spiro atoms. The Morgan fingerprint density at radius 1 is 1.25 bits per heavy atom. The van der Waals surface area contributed by atoms with Crippen molar-refractivity contribution in [3.63, 3.8) is 0 Å². The van der Waals surface area contributed by atoms with Crippen molar-refractivity contribution >= 4 is 35.3 Å². The monoisotopic (exact) mass is 506 g/mol. The highest BCUT2D eigenvalue weighted by atomic mass is 35.5. The van der Waals surface area contributed by atoms with Crippen LogP contribution in [0.4, 0.5) is 0 Å². The molecule has 0 saturated heterocycles. The molecule has 190 valence electrons. The normalized spacial score (nSPS) is 22.4. The lowest BCUT2D eigenvalue weighted by Gasteiger charge is -2.26. The summed E-state index contributed by atoms with van der Waals surface area (Å²) in [4.78, 5) is 19.4. The van der Waals surface area contributed by atoms with E-state index in [0.29, 0.717) is 31.2 Å². The molecule has 2 aliphatic rings. The van der Waals surface area contributed by atoms with Crippen LogP contribution in [0.2, 0.25) is 0 Å². The maximum Gasteiger partial charge on any atom is 0.306 e. The van der Waals surface area contributed by atoms with Crippen LogP contribution in [0, 0.1) is 11.8 Å². The van der Waals surface area contributed by atoms with Crippen LogP contribution >= 0.6 is 11.6 Å². The van der Waals surface area contributed by atoms with E-state index in [1.165, 1.54) is 5.56 Å². The molecule has 2 aliphatic carbocycles. The Morgan fingerprint density at radius 2 is 2.03 bits per heavy atom. The summed E-state index contributed by atoms with van der Waals surface area (Å²) in [5.74, 6) is -0.580. The predicted molar refractivity (Wildman–Crippen MR) is 146 cm³/mol. The minimum Gasteiger partial charge on any atom is -0.481 e. The van der Waals surface area contributed by atoms with E-state index < -0.39 is 5.97 Å². The molecule has 36 heavy (non-hydrogen) atoms. The molecule has 0 aliphatic heterocycles. The zero-order valence-electron chi connectivity index (χ0n) is 20.8. The van der Waals surface area contributed by atoms with Gasteiger partial charge in [0.25, 0.3) is 6.01 Å². The molecule has 3 atom stereocenters. The van der Waals surface area contributed by atoms with E-state index in [4.69, 9.17) is 21.3 Å². The first-order valence-corrected chi connectivity index (χ1v) is 13.3. The number of nitrogens with zero attached hydrogens (tertiary/aromatic N) is 1. The van der Waals surface area contributed by atoms with Crippen LogP contribution in [-0.4, -0.2) is 32.5 Å². The van der Waals surface area contributed by atoms with Gasteiger partial charge in [-0.1, -0.05) is 61.2 Å². The van der Waals surface area contributed by atoms with Gasteiger partial charge in [0, 0.05) is 0 Å². The van der Waals surface area contributed by atoms with Gasteiger partial charge in [-0.3, -0.25) is 4.79 Å². The van der Waals surface area contributed by atoms with Gasteiger partial charge in [0.15, 0.2) is 0 Å². The second kappa shape index (κ2) is 12.3. The van der Waals surface area contributed by atoms with Crippen LogP contribution in [-0.2, 0) is 11.2 Å². The van der Waals surface area contributed by atoms with Crippen molar-refractivity contribution in [2.24, 2.45) is 11.8 Å². The quantitative estimate of drug-likeness (QED) is 0.334. The smallest absolute Gasteiger partial charge is 0.306 e. The molecule has 2 fully saturated rings. The fraction of sp³-hybridized carbons (Fsp3) is 0.400. The molecular formula is C30H35ClN2O3. The summed E-state index contributed by atoms with van der Waals surface area (Å²) in [5, 5.41) is 11.0. The summed E-state index contributed by atoms with van der Waals surface area (Å²) in [5.41, 5.74) is 3.22. The highest BCUT2D eigenvalue weighted by molar-refractivity contribution is 6.24. The Hall–Kier alpha value is -3.05. The Morgan fingerprint density at radius 3 is 2.72 bits per heavy atom. The number of hydrogen-bond donors (Lipinski definition) is 2. The molecular weight excluding hydrogens is 472 g/mol. The molecule has 1 aromatic heterocycles. The fourth-order valence-electron chi connectivity index (χ4n) is 4.51.